The number of para-hydroxylation sites is 2. The highest BCUT2D eigenvalue weighted by atomic mass is 32.2. The van der Waals surface area contributed by atoms with Gasteiger partial charge >= 0.3 is 0 Å². The van der Waals surface area contributed by atoms with Crippen LogP contribution in [-0.2, 0) is 10.0 Å². The summed E-state index contributed by atoms with van der Waals surface area (Å²) in [5.74, 6) is 0.112. The van der Waals surface area contributed by atoms with Crippen LogP contribution >= 0.6 is 0 Å². The lowest BCUT2D eigenvalue weighted by molar-refractivity contribution is 0.0845. The largest absolute Gasteiger partial charge is 0.495 e. The minimum absolute atomic E-state index is 0.0522. The molecule has 0 saturated heterocycles. The van der Waals surface area contributed by atoms with E-state index in [-0.39, 0.29) is 21.7 Å². The van der Waals surface area contributed by atoms with Crippen LogP contribution in [0.1, 0.15) is 37.8 Å². The van der Waals surface area contributed by atoms with Gasteiger partial charge in [-0.15, -0.1) is 0 Å². The number of aryl methyl sites for hydroxylation is 3. The molecule has 1 heterocycles. The number of nitrogens with one attached hydrogen (secondary N) is 3. The summed E-state index contributed by atoms with van der Waals surface area (Å²) in [6.07, 6.45) is 0. The van der Waals surface area contributed by atoms with Crippen molar-refractivity contribution in [3.05, 3.63) is 76.7 Å². The maximum Gasteiger partial charge on any atom is 0.273 e. The Morgan fingerprint density at radius 3 is 2.28 bits per heavy atom. The van der Waals surface area contributed by atoms with Crippen LogP contribution in [0.2, 0.25) is 0 Å². The minimum atomic E-state index is -4.02. The first-order chi connectivity index (χ1) is 15.1. The molecule has 3 rings (SSSR count). The van der Waals surface area contributed by atoms with E-state index in [0.29, 0.717) is 22.8 Å². The lowest BCUT2D eigenvalue weighted by atomic mass is 10.1. The Morgan fingerprint density at radius 1 is 0.938 bits per heavy atom. The number of amides is 2. The summed E-state index contributed by atoms with van der Waals surface area (Å²) in [7, 11) is -2.58. The van der Waals surface area contributed by atoms with Gasteiger partial charge in [-0.05, 0) is 56.7 Å². The lowest BCUT2D eigenvalue weighted by Crippen LogP contribution is -2.41. The Morgan fingerprint density at radius 2 is 1.62 bits per heavy atom. The summed E-state index contributed by atoms with van der Waals surface area (Å²) in [6, 6.07) is 12.3. The van der Waals surface area contributed by atoms with Gasteiger partial charge in [-0.2, -0.15) is 0 Å². The molecular weight excluding hydrogens is 434 g/mol. The highest BCUT2D eigenvalue weighted by molar-refractivity contribution is 7.92. The van der Waals surface area contributed by atoms with Gasteiger partial charge in [0, 0.05) is 5.56 Å². The van der Waals surface area contributed by atoms with E-state index in [4.69, 9.17) is 9.15 Å². The van der Waals surface area contributed by atoms with E-state index in [1.807, 2.05) is 0 Å². The summed E-state index contributed by atoms with van der Waals surface area (Å²) in [6.45, 7) is 4.95. The number of sulfonamides is 1. The second kappa shape index (κ2) is 9.15. The van der Waals surface area contributed by atoms with Gasteiger partial charge in [-0.25, -0.2) is 8.42 Å². The molecule has 0 spiro atoms. The third kappa shape index (κ3) is 4.92. The van der Waals surface area contributed by atoms with E-state index >= 15 is 0 Å². The predicted octanol–water partition coefficient (Wildman–Crippen LogP) is 3.09. The number of rotatable bonds is 6. The molecular formula is C22H23N3O6S. The minimum Gasteiger partial charge on any atom is -0.495 e. The third-order valence-corrected chi connectivity index (χ3v) is 6.17. The van der Waals surface area contributed by atoms with Crippen LogP contribution in [0.5, 0.6) is 5.75 Å². The molecule has 0 aliphatic heterocycles. The van der Waals surface area contributed by atoms with E-state index in [9.17, 15) is 18.0 Å². The van der Waals surface area contributed by atoms with Crippen LogP contribution < -0.4 is 20.3 Å². The smallest absolute Gasteiger partial charge is 0.273 e. The molecule has 9 nitrogen and oxygen atoms in total. The van der Waals surface area contributed by atoms with Gasteiger partial charge in [0.25, 0.3) is 21.8 Å². The zero-order valence-electron chi connectivity index (χ0n) is 18.0. The summed E-state index contributed by atoms with van der Waals surface area (Å²) >= 11 is 0. The second-order valence-corrected chi connectivity index (χ2v) is 8.67. The zero-order valence-corrected chi connectivity index (χ0v) is 18.8. The Balaban J connectivity index is 1.79. The van der Waals surface area contributed by atoms with Gasteiger partial charge in [0.05, 0.1) is 23.3 Å². The number of ether oxygens (including phenoxy) is 1. The van der Waals surface area contributed by atoms with Crippen molar-refractivity contribution in [2.45, 2.75) is 25.7 Å². The maximum atomic E-state index is 13.0. The molecule has 3 N–H and O–H groups in total. The van der Waals surface area contributed by atoms with E-state index < -0.39 is 21.8 Å². The summed E-state index contributed by atoms with van der Waals surface area (Å²) in [5, 5.41) is 0. The van der Waals surface area contributed by atoms with Crippen LogP contribution in [0.3, 0.4) is 0 Å². The van der Waals surface area contributed by atoms with Crippen molar-refractivity contribution in [3.63, 3.8) is 0 Å². The Bertz CT molecular complexity index is 1280. The van der Waals surface area contributed by atoms with E-state index in [2.05, 4.69) is 15.6 Å². The number of carbonyl (C=O) groups is 2. The number of furan rings is 1. The number of hydrogen-bond donors (Lipinski definition) is 3. The molecule has 2 amide bonds. The molecule has 0 unspecified atom stereocenters. The van der Waals surface area contributed by atoms with Gasteiger partial charge in [0.2, 0.25) is 0 Å². The Hall–Kier alpha value is -3.79. The standard InChI is InChI=1S/C22H23N3O6S/c1-13-9-10-16(21(26)23-24-22(27)17-11-14(2)31-15(17)3)12-20(13)32(28,29)25-18-7-5-6-8-19(18)30-4/h5-12,25H,1-4H3,(H,23,26)(H,24,27). The van der Waals surface area contributed by atoms with Gasteiger partial charge in [-0.1, -0.05) is 18.2 Å². The van der Waals surface area contributed by atoms with Crippen LogP contribution in [-0.4, -0.2) is 27.3 Å². The molecule has 32 heavy (non-hydrogen) atoms. The SMILES string of the molecule is COc1ccccc1NS(=O)(=O)c1cc(C(=O)NNC(=O)c2cc(C)oc2C)ccc1C. The highest BCUT2D eigenvalue weighted by Crippen LogP contribution is 2.27. The van der Waals surface area contributed by atoms with Gasteiger partial charge in [-0.3, -0.25) is 25.2 Å². The van der Waals surface area contributed by atoms with Crippen molar-refractivity contribution in [3.8, 4) is 5.75 Å². The predicted molar refractivity (Wildman–Crippen MR) is 118 cm³/mol. The van der Waals surface area contributed by atoms with E-state index in [1.54, 1.807) is 51.1 Å². The van der Waals surface area contributed by atoms with Crippen LogP contribution in [0.25, 0.3) is 0 Å². The second-order valence-electron chi connectivity index (χ2n) is 7.02. The fraction of sp³-hybridized carbons (Fsp3) is 0.182. The topological polar surface area (TPSA) is 127 Å². The van der Waals surface area contributed by atoms with Gasteiger partial charge in [0.15, 0.2) is 0 Å². The maximum absolute atomic E-state index is 13.0. The van der Waals surface area contributed by atoms with Gasteiger partial charge < -0.3 is 9.15 Å². The Labute approximate surface area is 185 Å². The van der Waals surface area contributed by atoms with Crippen LogP contribution in [0, 0.1) is 20.8 Å². The van der Waals surface area contributed by atoms with Crippen molar-refractivity contribution in [2.75, 3.05) is 11.8 Å². The number of methoxy groups -OCH3 is 1. The first-order valence-corrected chi connectivity index (χ1v) is 11.0. The monoisotopic (exact) mass is 457 g/mol. The Kier molecular flexibility index (Phi) is 6.54. The first-order valence-electron chi connectivity index (χ1n) is 9.56. The number of hydrazine groups is 1. The van der Waals surface area contributed by atoms with E-state index in [1.165, 1.54) is 25.3 Å². The average molecular weight is 458 g/mol. The number of hydrogen-bond acceptors (Lipinski definition) is 6. The third-order valence-electron chi connectivity index (χ3n) is 4.67. The molecule has 3 aromatic rings. The molecule has 0 aliphatic carbocycles. The highest BCUT2D eigenvalue weighted by Gasteiger charge is 2.21. The first kappa shape index (κ1) is 22.9. The van der Waals surface area contributed by atoms with Gasteiger partial charge in [0.1, 0.15) is 17.3 Å². The van der Waals surface area contributed by atoms with Crippen molar-refractivity contribution in [1.82, 2.24) is 10.9 Å². The molecule has 1 aromatic heterocycles. The average Bonchev–Trinajstić information content (AvgIpc) is 3.10. The molecule has 0 atom stereocenters. The van der Waals surface area contributed by atoms with E-state index in [0.717, 1.165) is 0 Å². The summed E-state index contributed by atoms with van der Waals surface area (Å²) in [4.78, 5) is 24.7. The molecule has 0 fully saturated rings. The van der Waals surface area contributed by atoms with Crippen molar-refractivity contribution < 1.29 is 27.2 Å². The fourth-order valence-corrected chi connectivity index (χ4v) is 4.41. The fourth-order valence-electron chi connectivity index (χ4n) is 3.07. The van der Waals surface area contributed by atoms with Crippen molar-refractivity contribution in [1.29, 1.82) is 0 Å². The number of carbonyl (C=O) groups excluding carboxylic acids is 2. The summed E-state index contributed by atoms with van der Waals surface area (Å²) < 4.78 is 38.9. The molecule has 10 heteroatoms. The van der Waals surface area contributed by atoms with Crippen LogP contribution in [0.4, 0.5) is 5.69 Å². The molecule has 0 bridgehead atoms. The molecule has 0 saturated carbocycles. The normalized spacial score (nSPS) is 11.0. The molecule has 0 aliphatic rings. The van der Waals surface area contributed by atoms with Crippen molar-refractivity contribution >= 4 is 27.5 Å². The number of anilines is 1. The van der Waals surface area contributed by atoms with Crippen LogP contribution in [0.15, 0.2) is 57.8 Å². The van der Waals surface area contributed by atoms with Crippen molar-refractivity contribution in [2.24, 2.45) is 0 Å². The summed E-state index contributed by atoms with van der Waals surface area (Å²) in [5.41, 5.74) is 5.63. The molecule has 168 valence electrons. The molecule has 2 aromatic carbocycles. The quantitative estimate of drug-likeness (QED) is 0.488. The zero-order chi connectivity index (χ0) is 23.5. The lowest BCUT2D eigenvalue weighted by Gasteiger charge is -2.14. The molecule has 0 radical (unpaired) electrons. The number of benzene rings is 2.